The zero-order chi connectivity index (χ0) is 13.2. The zero-order valence-corrected chi connectivity index (χ0v) is 10.8. The fourth-order valence-electron chi connectivity index (χ4n) is 2.04. The van der Waals surface area contributed by atoms with E-state index >= 15 is 0 Å². The summed E-state index contributed by atoms with van der Waals surface area (Å²) < 4.78 is 5.41. The molecule has 1 amide bonds. The van der Waals surface area contributed by atoms with E-state index in [1.807, 2.05) is 24.8 Å². The van der Waals surface area contributed by atoms with Crippen LogP contribution in [0.3, 0.4) is 0 Å². The third-order valence-corrected chi connectivity index (χ3v) is 3.17. The lowest BCUT2D eigenvalue weighted by Crippen LogP contribution is -2.55. The summed E-state index contributed by atoms with van der Waals surface area (Å²) in [6, 6.07) is 3.57. The van der Waals surface area contributed by atoms with Crippen molar-refractivity contribution in [1.82, 2.24) is 9.88 Å². The molecule has 1 aromatic rings. The summed E-state index contributed by atoms with van der Waals surface area (Å²) in [6.45, 7) is 6.17. The molecule has 1 aromatic heterocycles. The van der Waals surface area contributed by atoms with Crippen LogP contribution in [0.1, 0.15) is 29.9 Å². The summed E-state index contributed by atoms with van der Waals surface area (Å²) in [7, 11) is 0. The van der Waals surface area contributed by atoms with E-state index < -0.39 is 0 Å². The first-order valence-electron chi connectivity index (χ1n) is 6.09. The number of hydrogen-bond donors (Lipinski definition) is 1. The number of rotatable bonds is 2. The van der Waals surface area contributed by atoms with E-state index in [9.17, 15) is 4.79 Å². The maximum absolute atomic E-state index is 12.4. The lowest BCUT2D eigenvalue weighted by molar-refractivity contribution is -0.0373. The average molecular weight is 249 g/mol. The van der Waals surface area contributed by atoms with Gasteiger partial charge in [0.2, 0.25) is 0 Å². The van der Waals surface area contributed by atoms with Crippen molar-refractivity contribution in [2.45, 2.75) is 25.9 Å². The van der Waals surface area contributed by atoms with Gasteiger partial charge in [0.15, 0.2) is 0 Å². The minimum absolute atomic E-state index is 0.0492. The second-order valence-corrected chi connectivity index (χ2v) is 5.08. The zero-order valence-electron chi connectivity index (χ0n) is 10.8. The van der Waals surface area contributed by atoms with E-state index in [0.717, 1.165) is 5.56 Å². The number of nitrogens with two attached hydrogens (primary N) is 1. The molecule has 1 fully saturated rings. The SMILES string of the molecule is CC1(C)COCCN1C(=O)c1ccc(CN)cn1. The summed E-state index contributed by atoms with van der Waals surface area (Å²) in [5.74, 6) is -0.0492. The molecule has 2 N–H and O–H groups in total. The monoisotopic (exact) mass is 249 g/mol. The smallest absolute Gasteiger partial charge is 0.273 e. The number of aromatic nitrogens is 1. The van der Waals surface area contributed by atoms with Crippen LogP contribution >= 0.6 is 0 Å². The van der Waals surface area contributed by atoms with Gasteiger partial charge < -0.3 is 15.4 Å². The molecule has 18 heavy (non-hydrogen) atoms. The molecule has 1 aliphatic rings. The highest BCUT2D eigenvalue weighted by molar-refractivity contribution is 5.92. The van der Waals surface area contributed by atoms with Gasteiger partial charge in [-0.15, -0.1) is 0 Å². The largest absolute Gasteiger partial charge is 0.377 e. The van der Waals surface area contributed by atoms with Crippen LogP contribution < -0.4 is 5.73 Å². The molecule has 0 unspecified atom stereocenters. The molecule has 5 heteroatoms. The predicted molar refractivity (Wildman–Crippen MR) is 68.1 cm³/mol. The van der Waals surface area contributed by atoms with Crippen molar-refractivity contribution < 1.29 is 9.53 Å². The topological polar surface area (TPSA) is 68.5 Å². The number of hydrogen-bond acceptors (Lipinski definition) is 4. The van der Waals surface area contributed by atoms with Gasteiger partial charge in [0.1, 0.15) is 5.69 Å². The first kappa shape index (κ1) is 13.0. The van der Waals surface area contributed by atoms with E-state index in [4.69, 9.17) is 10.5 Å². The molecule has 0 atom stereocenters. The quantitative estimate of drug-likeness (QED) is 0.841. The minimum atomic E-state index is -0.288. The van der Waals surface area contributed by atoms with Gasteiger partial charge in [-0.2, -0.15) is 0 Å². The van der Waals surface area contributed by atoms with Crippen molar-refractivity contribution in [3.8, 4) is 0 Å². The van der Waals surface area contributed by atoms with Gasteiger partial charge in [-0.25, -0.2) is 0 Å². The third kappa shape index (κ3) is 2.52. The van der Waals surface area contributed by atoms with Gasteiger partial charge in [-0.1, -0.05) is 6.07 Å². The average Bonchev–Trinajstić information content (AvgIpc) is 2.37. The van der Waals surface area contributed by atoms with Gasteiger partial charge in [-0.3, -0.25) is 9.78 Å². The number of morpholine rings is 1. The molecule has 1 saturated heterocycles. The summed E-state index contributed by atoms with van der Waals surface area (Å²) in [4.78, 5) is 18.4. The van der Waals surface area contributed by atoms with Gasteiger partial charge in [-0.05, 0) is 25.5 Å². The van der Waals surface area contributed by atoms with Crippen molar-refractivity contribution in [3.63, 3.8) is 0 Å². The molecule has 5 nitrogen and oxygen atoms in total. The Morgan fingerprint density at radius 3 is 2.89 bits per heavy atom. The van der Waals surface area contributed by atoms with E-state index in [1.165, 1.54) is 0 Å². The van der Waals surface area contributed by atoms with Crippen LogP contribution in [0, 0.1) is 0 Å². The second-order valence-electron chi connectivity index (χ2n) is 5.08. The lowest BCUT2D eigenvalue weighted by Gasteiger charge is -2.41. The molecular weight excluding hydrogens is 230 g/mol. The minimum Gasteiger partial charge on any atom is -0.377 e. The molecule has 0 radical (unpaired) electrons. The highest BCUT2D eigenvalue weighted by Gasteiger charge is 2.34. The molecule has 0 saturated carbocycles. The molecule has 0 aromatic carbocycles. The first-order valence-corrected chi connectivity index (χ1v) is 6.09. The van der Waals surface area contributed by atoms with Gasteiger partial charge in [0.25, 0.3) is 5.91 Å². The Morgan fingerprint density at radius 1 is 1.56 bits per heavy atom. The van der Waals surface area contributed by atoms with Crippen molar-refractivity contribution >= 4 is 5.91 Å². The fourth-order valence-corrected chi connectivity index (χ4v) is 2.04. The van der Waals surface area contributed by atoms with Crippen LogP contribution in [-0.4, -0.2) is 41.1 Å². The van der Waals surface area contributed by atoms with Crippen LogP contribution in [0.4, 0.5) is 0 Å². The van der Waals surface area contributed by atoms with Gasteiger partial charge in [0, 0.05) is 19.3 Å². The number of nitrogens with zero attached hydrogens (tertiary/aromatic N) is 2. The standard InChI is InChI=1S/C13H19N3O2/c1-13(2)9-18-6-5-16(13)12(17)11-4-3-10(7-14)8-15-11/h3-4,8H,5-7,9,14H2,1-2H3. The molecule has 0 aliphatic carbocycles. The summed E-state index contributed by atoms with van der Waals surface area (Å²) in [5.41, 5.74) is 6.61. The molecule has 2 rings (SSSR count). The summed E-state index contributed by atoms with van der Waals surface area (Å²) in [6.07, 6.45) is 1.65. The number of carbonyl (C=O) groups excluding carboxylic acids is 1. The second kappa shape index (κ2) is 5.04. The predicted octanol–water partition coefficient (Wildman–Crippen LogP) is 0.791. The van der Waals surface area contributed by atoms with Crippen molar-refractivity contribution in [2.24, 2.45) is 5.73 Å². The highest BCUT2D eigenvalue weighted by atomic mass is 16.5. The van der Waals surface area contributed by atoms with E-state index in [2.05, 4.69) is 4.98 Å². The lowest BCUT2D eigenvalue weighted by atomic mass is 10.0. The van der Waals surface area contributed by atoms with E-state index in [-0.39, 0.29) is 11.4 Å². The Balaban J connectivity index is 2.19. The van der Waals surface area contributed by atoms with Crippen molar-refractivity contribution in [2.75, 3.05) is 19.8 Å². The van der Waals surface area contributed by atoms with Crippen molar-refractivity contribution in [3.05, 3.63) is 29.6 Å². The normalized spacial score (nSPS) is 18.7. The number of pyridine rings is 1. The van der Waals surface area contributed by atoms with Crippen LogP contribution in [0.2, 0.25) is 0 Å². The molecule has 0 bridgehead atoms. The molecule has 2 heterocycles. The number of amides is 1. The number of ether oxygens (including phenoxy) is 1. The fraction of sp³-hybridized carbons (Fsp3) is 0.538. The Morgan fingerprint density at radius 2 is 2.33 bits per heavy atom. The molecular formula is C13H19N3O2. The molecule has 98 valence electrons. The Bertz CT molecular complexity index is 428. The van der Waals surface area contributed by atoms with E-state index in [0.29, 0.717) is 32.0 Å². The Labute approximate surface area is 107 Å². The van der Waals surface area contributed by atoms with Crippen LogP contribution in [0.25, 0.3) is 0 Å². The molecule has 1 aliphatic heterocycles. The Hall–Kier alpha value is -1.46. The Kier molecular flexibility index (Phi) is 3.63. The van der Waals surface area contributed by atoms with Crippen LogP contribution in [-0.2, 0) is 11.3 Å². The van der Waals surface area contributed by atoms with Crippen molar-refractivity contribution in [1.29, 1.82) is 0 Å². The summed E-state index contributed by atoms with van der Waals surface area (Å²) >= 11 is 0. The summed E-state index contributed by atoms with van der Waals surface area (Å²) in [5, 5.41) is 0. The van der Waals surface area contributed by atoms with Crippen LogP contribution in [0.15, 0.2) is 18.3 Å². The highest BCUT2D eigenvalue weighted by Crippen LogP contribution is 2.21. The molecule has 0 spiro atoms. The van der Waals surface area contributed by atoms with Gasteiger partial charge in [0.05, 0.1) is 18.8 Å². The third-order valence-electron chi connectivity index (χ3n) is 3.17. The van der Waals surface area contributed by atoms with Gasteiger partial charge >= 0.3 is 0 Å². The maximum atomic E-state index is 12.4. The van der Waals surface area contributed by atoms with Crippen LogP contribution in [0.5, 0.6) is 0 Å². The van der Waals surface area contributed by atoms with E-state index in [1.54, 1.807) is 12.3 Å². The maximum Gasteiger partial charge on any atom is 0.273 e. The number of carbonyl (C=O) groups is 1. The first-order chi connectivity index (χ1) is 8.54.